The number of hydrogen-bond acceptors (Lipinski definition) is 2. The van der Waals surface area contributed by atoms with E-state index in [0.717, 1.165) is 5.69 Å². The minimum Gasteiger partial charge on any atom is -0.398 e. The largest absolute Gasteiger partial charge is 0.398 e. The zero-order valence-electron chi connectivity index (χ0n) is 9.29. The first kappa shape index (κ1) is 10.2. The number of anilines is 1. The van der Waals surface area contributed by atoms with Crippen molar-refractivity contribution < 1.29 is 0 Å². The van der Waals surface area contributed by atoms with Gasteiger partial charge in [0.25, 0.3) is 0 Å². The first-order chi connectivity index (χ1) is 7.09. The summed E-state index contributed by atoms with van der Waals surface area (Å²) in [5.74, 6) is 0. The number of nitrogen functional groups attached to an aromatic ring is 1. The second kappa shape index (κ2) is 3.70. The van der Waals surface area contributed by atoms with Crippen molar-refractivity contribution >= 4 is 17.0 Å². The van der Waals surface area contributed by atoms with E-state index in [1.165, 1.54) is 27.1 Å². The van der Waals surface area contributed by atoms with Gasteiger partial charge in [0.05, 0.1) is 5.69 Å². The van der Waals surface area contributed by atoms with E-state index in [9.17, 15) is 0 Å². The van der Waals surface area contributed by atoms with Crippen LogP contribution in [0.3, 0.4) is 0 Å². The summed E-state index contributed by atoms with van der Waals surface area (Å²) in [4.78, 5) is 1.29. The van der Waals surface area contributed by atoms with Gasteiger partial charge in [0, 0.05) is 15.8 Å². The van der Waals surface area contributed by atoms with E-state index in [-0.39, 0.29) is 0 Å². The van der Waals surface area contributed by atoms with E-state index in [0.29, 0.717) is 0 Å². The molecular formula is C13H15NS. The molecule has 0 fully saturated rings. The molecule has 0 unspecified atom stereocenters. The maximum atomic E-state index is 6.00. The predicted octanol–water partition coefficient (Wildman–Crippen LogP) is 3.92. The van der Waals surface area contributed by atoms with E-state index in [2.05, 4.69) is 39.0 Å². The summed E-state index contributed by atoms with van der Waals surface area (Å²) < 4.78 is 0. The van der Waals surface area contributed by atoms with Gasteiger partial charge >= 0.3 is 0 Å². The molecule has 2 rings (SSSR count). The van der Waals surface area contributed by atoms with Crippen LogP contribution in [-0.2, 0) is 0 Å². The van der Waals surface area contributed by atoms with Crippen LogP contribution in [0.15, 0.2) is 23.6 Å². The molecule has 15 heavy (non-hydrogen) atoms. The van der Waals surface area contributed by atoms with Crippen molar-refractivity contribution in [2.75, 3.05) is 5.73 Å². The molecule has 1 aromatic carbocycles. The minimum atomic E-state index is 0.895. The van der Waals surface area contributed by atoms with Crippen LogP contribution in [0.2, 0.25) is 0 Å². The summed E-state index contributed by atoms with van der Waals surface area (Å²) in [6.07, 6.45) is 0. The molecule has 0 spiro atoms. The number of benzene rings is 1. The minimum absolute atomic E-state index is 0.895. The Morgan fingerprint density at radius 2 is 1.87 bits per heavy atom. The summed E-state index contributed by atoms with van der Waals surface area (Å²) in [6.45, 7) is 6.37. The smallest absolute Gasteiger partial charge is 0.0505 e. The summed E-state index contributed by atoms with van der Waals surface area (Å²) in [7, 11) is 0. The van der Waals surface area contributed by atoms with E-state index in [1.54, 1.807) is 11.3 Å². The molecule has 0 saturated carbocycles. The number of aryl methyl sites for hydroxylation is 3. The van der Waals surface area contributed by atoms with Crippen LogP contribution in [0.5, 0.6) is 0 Å². The third-order valence-corrected chi connectivity index (χ3v) is 3.60. The van der Waals surface area contributed by atoms with E-state index in [4.69, 9.17) is 5.73 Å². The van der Waals surface area contributed by atoms with Gasteiger partial charge in [-0.15, -0.1) is 11.3 Å². The van der Waals surface area contributed by atoms with Crippen LogP contribution in [0.4, 0.5) is 5.69 Å². The maximum absolute atomic E-state index is 6.00. The van der Waals surface area contributed by atoms with Crippen molar-refractivity contribution in [2.45, 2.75) is 20.8 Å². The molecule has 1 aromatic heterocycles. The van der Waals surface area contributed by atoms with Gasteiger partial charge in [-0.3, -0.25) is 0 Å². The highest BCUT2D eigenvalue weighted by atomic mass is 32.1. The molecule has 2 heteroatoms. The van der Waals surface area contributed by atoms with Crippen LogP contribution in [0, 0.1) is 20.8 Å². The topological polar surface area (TPSA) is 26.0 Å². The Labute approximate surface area is 94.6 Å². The first-order valence-electron chi connectivity index (χ1n) is 5.01. The van der Waals surface area contributed by atoms with Crippen LogP contribution >= 0.6 is 11.3 Å². The molecule has 1 nitrogen and oxygen atoms in total. The Hall–Kier alpha value is -1.28. The lowest BCUT2D eigenvalue weighted by atomic mass is 9.98. The van der Waals surface area contributed by atoms with Gasteiger partial charge in [0.1, 0.15) is 0 Å². The SMILES string of the molecule is Cc1ccc(C)c(-c2c(N)csc2C)c1. The molecule has 1 heterocycles. The molecule has 2 aromatic rings. The summed E-state index contributed by atoms with van der Waals surface area (Å²) in [5, 5.41) is 2.02. The summed E-state index contributed by atoms with van der Waals surface area (Å²) in [5.41, 5.74) is 11.9. The average Bonchev–Trinajstić information content (AvgIpc) is 2.51. The fourth-order valence-electron chi connectivity index (χ4n) is 1.82. The van der Waals surface area contributed by atoms with E-state index < -0.39 is 0 Å². The zero-order chi connectivity index (χ0) is 11.0. The van der Waals surface area contributed by atoms with Crippen molar-refractivity contribution in [1.29, 1.82) is 0 Å². The van der Waals surface area contributed by atoms with Gasteiger partial charge in [-0.25, -0.2) is 0 Å². The highest BCUT2D eigenvalue weighted by Gasteiger charge is 2.10. The number of hydrogen-bond donors (Lipinski definition) is 1. The predicted molar refractivity (Wildman–Crippen MR) is 68.4 cm³/mol. The average molecular weight is 217 g/mol. The highest BCUT2D eigenvalue weighted by molar-refractivity contribution is 7.11. The van der Waals surface area contributed by atoms with E-state index in [1.807, 2.05) is 5.38 Å². The van der Waals surface area contributed by atoms with Crippen molar-refractivity contribution in [1.82, 2.24) is 0 Å². The van der Waals surface area contributed by atoms with Crippen LogP contribution < -0.4 is 5.73 Å². The molecule has 0 radical (unpaired) electrons. The number of nitrogens with two attached hydrogens (primary N) is 1. The van der Waals surface area contributed by atoms with Gasteiger partial charge in [0.2, 0.25) is 0 Å². The van der Waals surface area contributed by atoms with Crippen LogP contribution in [0.25, 0.3) is 11.1 Å². The molecule has 0 saturated heterocycles. The molecule has 78 valence electrons. The fourth-order valence-corrected chi connectivity index (χ4v) is 2.59. The van der Waals surface area contributed by atoms with Crippen LogP contribution in [-0.4, -0.2) is 0 Å². The van der Waals surface area contributed by atoms with Gasteiger partial charge in [-0.1, -0.05) is 23.8 Å². The number of thiophene rings is 1. The van der Waals surface area contributed by atoms with Crippen molar-refractivity contribution in [2.24, 2.45) is 0 Å². The molecule has 0 aliphatic rings. The van der Waals surface area contributed by atoms with Gasteiger partial charge in [-0.05, 0) is 31.9 Å². The molecular weight excluding hydrogens is 202 g/mol. The second-order valence-corrected chi connectivity index (χ2v) is 5.02. The molecule has 2 N–H and O–H groups in total. The third-order valence-electron chi connectivity index (χ3n) is 2.67. The summed E-state index contributed by atoms with van der Waals surface area (Å²) in [6, 6.07) is 6.50. The first-order valence-corrected chi connectivity index (χ1v) is 5.88. The van der Waals surface area contributed by atoms with Crippen molar-refractivity contribution in [3.05, 3.63) is 39.6 Å². The standard InChI is InChI=1S/C13H15NS/c1-8-4-5-9(2)11(6-8)13-10(3)15-7-12(13)14/h4-7H,14H2,1-3H3. The summed E-state index contributed by atoms with van der Waals surface area (Å²) >= 11 is 1.72. The Morgan fingerprint density at radius 1 is 1.13 bits per heavy atom. The second-order valence-electron chi connectivity index (χ2n) is 3.94. The fraction of sp³-hybridized carbons (Fsp3) is 0.231. The maximum Gasteiger partial charge on any atom is 0.0505 e. The monoisotopic (exact) mass is 217 g/mol. The Bertz CT molecular complexity index is 478. The molecule has 0 atom stereocenters. The van der Waals surface area contributed by atoms with Gasteiger partial charge < -0.3 is 5.73 Å². The quantitative estimate of drug-likeness (QED) is 0.769. The Morgan fingerprint density at radius 3 is 2.47 bits per heavy atom. The Kier molecular flexibility index (Phi) is 2.53. The van der Waals surface area contributed by atoms with E-state index >= 15 is 0 Å². The lowest BCUT2D eigenvalue weighted by molar-refractivity contribution is 1.39. The van der Waals surface area contributed by atoms with Gasteiger partial charge in [-0.2, -0.15) is 0 Å². The lowest BCUT2D eigenvalue weighted by Crippen LogP contribution is -1.90. The molecule has 0 amide bonds. The lowest BCUT2D eigenvalue weighted by Gasteiger charge is -2.08. The Balaban J connectivity index is 2.68. The number of rotatable bonds is 1. The normalized spacial score (nSPS) is 10.6. The highest BCUT2D eigenvalue weighted by Crippen LogP contribution is 2.36. The third kappa shape index (κ3) is 1.77. The molecule has 0 bridgehead atoms. The van der Waals surface area contributed by atoms with Crippen molar-refractivity contribution in [3.8, 4) is 11.1 Å². The van der Waals surface area contributed by atoms with Crippen molar-refractivity contribution in [3.63, 3.8) is 0 Å². The van der Waals surface area contributed by atoms with Crippen LogP contribution in [0.1, 0.15) is 16.0 Å². The molecule has 0 aliphatic carbocycles. The zero-order valence-corrected chi connectivity index (χ0v) is 10.1. The molecule has 0 aliphatic heterocycles. The van der Waals surface area contributed by atoms with Gasteiger partial charge in [0.15, 0.2) is 0 Å².